The monoisotopic (exact) mass is 501 g/mol. The third-order valence-corrected chi connectivity index (χ3v) is 8.32. The van der Waals surface area contributed by atoms with Crippen LogP contribution in [0.3, 0.4) is 0 Å². The summed E-state index contributed by atoms with van der Waals surface area (Å²) in [6.45, 7) is 5.17. The largest absolute Gasteiger partial charge is 0.368 e. The molecule has 178 valence electrons. The Kier molecular flexibility index (Phi) is 6.93. The van der Waals surface area contributed by atoms with Crippen molar-refractivity contribution >= 4 is 38.9 Å². The van der Waals surface area contributed by atoms with Gasteiger partial charge < -0.3 is 10.2 Å². The van der Waals surface area contributed by atoms with Crippen molar-refractivity contribution in [1.29, 1.82) is 0 Å². The third kappa shape index (κ3) is 4.80. The molecule has 1 aliphatic rings. The summed E-state index contributed by atoms with van der Waals surface area (Å²) in [4.78, 5) is 14.7. The number of nitrogens with zero attached hydrogens (tertiary/aromatic N) is 2. The standard InChI is InChI=1S/C25H25ClFN3O3S/c1-17-6-5-8-23(18(17)2)28-25(31)20-16-19(10-11-22(20)27)34(32,33)30-14-12-29(13-15-30)24-9-4-3-7-21(24)26/h3-11,16H,12-15H2,1-2H3,(H,28,31). The smallest absolute Gasteiger partial charge is 0.258 e. The van der Waals surface area contributed by atoms with Gasteiger partial charge in [-0.3, -0.25) is 4.79 Å². The molecule has 1 N–H and O–H groups in total. The number of rotatable bonds is 5. The van der Waals surface area contributed by atoms with Crippen LogP contribution in [-0.4, -0.2) is 44.8 Å². The molecule has 0 radical (unpaired) electrons. The molecule has 1 fully saturated rings. The van der Waals surface area contributed by atoms with Crippen molar-refractivity contribution < 1.29 is 17.6 Å². The minimum Gasteiger partial charge on any atom is -0.368 e. The molecule has 0 unspecified atom stereocenters. The van der Waals surface area contributed by atoms with Crippen molar-refractivity contribution in [3.63, 3.8) is 0 Å². The number of anilines is 2. The number of para-hydroxylation sites is 1. The highest BCUT2D eigenvalue weighted by atomic mass is 35.5. The summed E-state index contributed by atoms with van der Waals surface area (Å²) in [6, 6.07) is 16.1. The van der Waals surface area contributed by atoms with Gasteiger partial charge in [0.05, 0.1) is 21.2 Å². The van der Waals surface area contributed by atoms with Gasteiger partial charge in [-0.2, -0.15) is 4.31 Å². The van der Waals surface area contributed by atoms with Crippen LogP contribution in [0.1, 0.15) is 21.5 Å². The van der Waals surface area contributed by atoms with Gasteiger partial charge in [0.1, 0.15) is 5.82 Å². The molecular formula is C25H25ClFN3O3S. The van der Waals surface area contributed by atoms with Gasteiger partial charge in [0.15, 0.2) is 0 Å². The second-order valence-electron chi connectivity index (χ2n) is 8.19. The molecule has 1 heterocycles. The molecule has 0 bridgehead atoms. The minimum atomic E-state index is -3.91. The van der Waals surface area contributed by atoms with Crippen LogP contribution in [0, 0.1) is 19.7 Å². The zero-order valence-electron chi connectivity index (χ0n) is 18.9. The quantitative estimate of drug-likeness (QED) is 0.542. The molecule has 0 aromatic heterocycles. The first-order valence-corrected chi connectivity index (χ1v) is 12.7. The maximum atomic E-state index is 14.5. The number of carbonyl (C=O) groups excluding carboxylic acids is 1. The maximum Gasteiger partial charge on any atom is 0.258 e. The summed E-state index contributed by atoms with van der Waals surface area (Å²) in [5, 5.41) is 3.30. The van der Waals surface area contributed by atoms with Crippen molar-refractivity contribution in [2.45, 2.75) is 18.7 Å². The van der Waals surface area contributed by atoms with Crippen LogP contribution < -0.4 is 10.2 Å². The summed E-state index contributed by atoms with van der Waals surface area (Å²) < 4.78 is 42.4. The molecule has 0 aliphatic carbocycles. The maximum absolute atomic E-state index is 14.5. The van der Waals surface area contributed by atoms with E-state index in [1.54, 1.807) is 18.2 Å². The summed E-state index contributed by atoms with van der Waals surface area (Å²) >= 11 is 6.27. The van der Waals surface area contributed by atoms with Crippen LogP contribution in [-0.2, 0) is 10.0 Å². The molecular weight excluding hydrogens is 477 g/mol. The Morgan fingerprint density at radius 1 is 0.971 bits per heavy atom. The Labute approximate surface area is 204 Å². The van der Waals surface area contributed by atoms with Gasteiger partial charge in [0.2, 0.25) is 10.0 Å². The van der Waals surface area contributed by atoms with Crippen molar-refractivity contribution in [3.05, 3.63) is 88.2 Å². The second-order valence-corrected chi connectivity index (χ2v) is 10.5. The third-order valence-electron chi connectivity index (χ3n) is 6.10. The molecule has 0 atom stereocenters. The van der Waals surface area contributed by atoms with Crippen LogP contribution in [0.4, 0.5) is 15.8 Å². The molecule has 34 heavy (non-hydrogen) atoms. The summed E-state index contributed by atoms with van der Waals surface area (Å²) in [7, 11) is -3.91. The average molecular weight is 502 g/mol. The Morgan fingerprint density at radius 2 is 1.68 bits per heavy atom. The van der Waals surface area contributed by atoms with Crippen LogP contribution in [0.2, 0.25) is 5.02 Å². The van der Waals surface area contributed by atoms with E-state index in [1.807, 2.05) is 43.0 Å². The molecule has 1 amide bonds. The van der Waals surface area contributed by atoms with E-state index in [2.05, 4.69) is 5.32 Å². The van der Waals surface area contributed by atoms with Crippen molar-refractivity contribution in [2.24, 2.45) is 0 Å². The van der Waals surface area contributed by atoms with Crippen molar-refractivity contribution in [1.82, 2.24) is 4.31 Å². The number of nitrogens with one attached hydrogen (secondary N) is 1. The number of halogens is 2. The first-order chi connectivity index (χ1) is 16.2. The van der Waals surface area contributed by atoms with Gasteiger partial charge in [0, 0.05) is 31.9 Å². The molecule has 3 aromatic carbocycles. The van der Waals surface area contributed by atoms with Crippen molar-refractivity contribution in [2.75, 3.05) is 36.4 Å². The van der Waals surface area contributed by atoms with Gasteiger partial charge in [-0.25, -0.2) is 12.8 Å². The van der Waals surface area contributed by atoms with E-state index in [1.165, 1.54) is 10.4 Å². The van der Waals surface area contributed by atoms with Gasteiger partial charge in [-0.15, -0.1) is 0 Å². The fraction of sp³-hybridized carbons (Fsp3) is 0.240. The van der Waals surface area contributed by atoms with Crippen LogP contribution in [0.25, 0.3) is 0 Å². The van der Waals surface area contributed by atoms with Crippen molar-refractivity contribution in [3.8, 4) is 0 Å². The van der Waals surface area contributed by atoms with E-state index in [4.69, 9.17) is 11.6 Å². The molecule has 0 saturated carbocycles. The lowest BCUT2D eigenvalue weighted by atomic mass is 10.1. The number of amides is 1. The number of hydrogen-bond acceptors (Lipinski definition) is 4. The normalized spacial score (nSPS) is 14.8. The number of sulfonamides is 1. The first kappa shape index (κ1) is 24.2. The van der Waals surface area contributed by atoms with E-state index in [-0.39, 0.29) is 23.5 Å². The minimum absolute atomic E-state index is 0.119. The Morgan fingerprint density at radius 3 is 2.38 bits per heavy atom. The fourth-order valence-electron chi connectivity index (χ4n) is 3.94. The number of aryl methyl sites for hydroxylation is 1. The molecule has 3 aromatic rings. The highest BCUT2D eigenvalue weighted by Crippen LogP contribution is 2.28. The SMILES string of the molecule is Cc1cccc(NC(=O)c2cc(S(=O)(=O)N3CCN(c4ccccc4Cl)CC3)ccc2F)c1C. The van der Waals surface area contributed by atoms with Gasteiger partial charge in [0.25, 0.3) is 5.91 Å². The zero-order valence-corrected chi connectivity index (χ0v) is 20.5. The predicted octanol–water partition coefficient (Wildman–Crippen LogP) is 4.86. The Balaban J connectivity index is 1.53. The lowest BCUT2D eigenvalue weighted by molar-refractivity contribution is 0.102. The van der Waals surface area contributed by atoms with Gasteiger partial charge in [-0.05, 0) is 61.4 Å². The zero-order chi connectivity index (χ0) is 24.5. The van der Waals surface area contributed by atoms with E-state index in [0.29, 0.717) is 23.8 Å². The topological polar surface area (TPSA) is 69.7 Å². The lowest BCUT2D eigenvalue weighted by Crippen LogP contribution is -2.48. The average Bonchev–Trinajstić information content (AvgIpc) is 2.82. The molecule has 1 saturated heterocycles. The van der Waals surface area contributed by atoms with E-state index >= 15 is 0 Å². The van der Waals surface area contributed by atoms with E-state index < -0.39 is 21.7 Å². The number of hydrogen-bond donors (Lipinski definition) is 1. The lowest BCUT2D eigenvalue weighted by Gasteiger charge is -2.35. The van der Waals surface area contributed by atoms with Crippen LogP contribution in [0.5, 0.6) is 0 Å². The van der Waals surface area contributed by atoms with E-state index in [0.717, 1.165) is 28.9 Å². The Hall–Kier alpha value is -2.94. The van der Waals surface area contributed by atoms with Crippen LogP contribution in [0.15, 0.2) is 65.6 Å². The van der Waals surface area contributed by atoms with Crippen LogP contribution >= 0.6 is 11.6 Å². The number of piperazine rings is 1. The second kappa shape index (κ2) is 9.74. The number of benzene rings is 3. The molecule has 6 nitrogen and oxygen atoms in total. The fourth-order valence-corrected chi connectivity index (χ4v) is 5.65. The summed E-state index contributed by atoms with van der Waals surface area (Å²) in [5.74, 6) is -1.49. The molecule has 4 rings (SSSR count). The first-order valence-electron chi connectivity index (χ1n) is 10.9. The van der Waals surface area contributed by atoms with Gasteiger partial charge in [-0.1, -0.05) is 35.9 Å². The number of carbonyl (C=O) groups is 1. The molecule has 9 heteroatoms. The highest BCUT2D eigenvalue weighted by molar-refractivity contribution is 7.89. The Bertz CT molecular complexity index is 1340. The van der Waals surface area contributed by atoms with E-state index in [9.17, 15) is 17.6 Å². The molecule has 0 spiro atoms. The summed E-state index contributed by atoms with van der Waals surface area (Å²) in [5.41, 5.74) is 2.92. The highest BCUT2D eigenvalue weighted by Gasteiger charge is 2.30. The molecule has 1 aliphatic heterocycles. The predicted molar refractivity (Wildman–Crippen MR) is 133 cm³/mol. The summed E-state index contributed by atoms with van der Waals surface area (Å²) in [6.07, 6.45) is 0. The van der Waals surface area contributed by atoms with Gasteiger partial charge >= 0.3 is 0 Å².